The fourth-order valence-electron chi connectivity index (χ4n) is 5.54. The van der Waals surface area contributed by atoms with Crippen molar-refractivity contribution in [2.45, 2.75) is 63.9 Å². The van der Waals surface area contributed by atoms with Gasteiger partial charge in [0.05, 0.1) is 87.0 Å². The van der Waals surface area contributed by atoms with Crippen molar-refractivity contribution in [3.05, 3.63) is 43.7 Å². The van der Waals surface area contributed by atoms with Crippen molar-refractivity contribution in [1.82, 2.24) is 10.6 Å². The Balaban J connectivity index is 2.76. The second-order valence-electron chi connectivity index (χ2n) is 13.0. The number of nitrogens with one attached hydrogen (secondary N) is 2. The van der Waals surface area contributed by atoms with E-state index in [-0.39, 0.29) is 100 Å². The normalized spacial score (nSPS) is 13.3. The van der Waals surface area contributed by atoms with Crippen LogP contribution in [0.5, 0.6) is 0 Å². The SMILES string of the molecule is CC(=O)N(CC(O)C(O)CN(C(C)=O)c1c(I)c(C(=O)NCCO)c(I)c(C(=O)NCC(O)CO)c1I)c1c(I)c(C(=O)CCCO)c(I)c(C(=O)CCC(O)CO)c1I. The summed E-state index contributed by atoms with van der Waals surface area (Å²) < 4.78 is 1.18. The van der Waals surface area contributed by atoms with Crippen LogP contribution < -0.4 is 20.4 Å². The standard InChI is InChI=1S/C36H44I6N4O14/c1-15(51)45(33-29(39)23(19(55)4-3-8-47)27(37)24(30(33)40)20(56)6-5-17(53)13-49)11-21(57)22(58)12-46(16(2)52)34-31(41)25(35(59)43-7-9-48)28(38)26(32(34)42)36(60)44-10-18(54)14-50/h17-18,21-22,47-50,53-54,57-58H,3-14H2,1-2H3,(H,43,59)(H,44,60). The highest BCUT2D eigenvalue weighted by molar-refractivity contribution is 14.1. The first-order chi connectivity index (χ1) is 28.1. The van der Waals surface area contributed by atoms with Crippen LogP contribution in [0.3, 0.4) is 0 Å². The first-order valence-electron chi connectivity index (χ1n) is 17.9. The maximum Gasteiger partial charge on any atom is 0.253 e. The van der Waals surface area contributed by atoms with Gasteiger partial charge in [0.25, 0.3) is 11.8 Å². The van der Waals surface area contributed by atoms with Crippen LogP contribution in [0.1, 0.15) is 81.0 Å². The molecule has 0 aliphatic rings. The molecule has 0 saturated heterocycles. The highest BCUT2D eigenvalue weighted by Crippen LogP contribution is 2.41. The lowest BCUT2D eigenvalue weighted by atomic mass is 9.97. The fourth-order valence-corrected chi connectivity index (χ4v) is 15.2. The lowest BCUT2D eigenvalue weighted by Crippen LogP contribution is -2.48. The third-order valence-corrected chi connectivity index (χ3v) is 15.0. The molecule has 0 spiro atoms. The lowest BCUT2D eigenvalue weighted by molar-refractivity contribution is -0.118. The minimum absolute atomic E-state index is 0.00281. The summed E-state index contributed by atoms with van der Waals surface area (Å²) in [7, 11) is 0. The Labute approximate surface area is 427 Å². The number of amides is 4. The molecular weight excluding hydrogens is 1470 g/mol. The van der Waals surface area contributed by atoms with Gasteiger partial charge in [0.1, 0.15) is 0 Å². The van der Waals surface area contributed by atoms with Gasteiger partial charge in [-0.2, -0.15) is 0 Å². The van der Waals surface area contributed by atoms with Crippen LogP contribution in [0.2, 0.25) is 0 Å². The number of aliphatic hydroxyl groups excluding tert-OH is 8. The van der Waals surface area contributed by atoms with Gasteiger partial charge in [0.15, 0.2) is 11.6 Å². The molecule has 60 heavy (non-hydrogen) atoms. The molecule has 0 aliphatic carbocycles. The number of Topliss-reactive ketones (excluding diaryl/α,β-unsaturated/α-hetero) is 2. The summed E-state index contributed by atoms with van der Waals surface area (Å²) in [6.45, 7) is -1.37. The zero-order valence-electron chi connectivity index (χ0n) is 32.0. The predicted molar refractivity (Wildman–Crippen MR) is 269 cm³/mol. The van der Waals surface area contributed by atoms with Crippen molar-refractivity contribution in [1.29, 1.82) is 0 Å². The second kappa shape index (κ2) is 26.6. The summed E-state index contributed by atoms with van der Waals surface area (Å²) in [6, 6.07) is 0. The number of hydrogen-bond acceptors (Lipinski definition) is 14. The molecule has 24 heteroatoms. The summed E-state index contributed by atoms with van der Waals surface area (Å²) >= 11 is 10.9. The molecule has 0 radical (unpaired) electrons. The molecule has 0 heterocycles. The van der Waals surface area contributed by atoms with E-state index in [0.29, 0.717) is 0 Å². The number of carbonyl (C=O) groups excluding carboxylic acids is 6. The van der Waals surface area contributed by atoms with Crippen LogP contribution in [0.4, 0.5) is 11.4 Å². The molecule has 4 atom stereocenters. The molecular formula is C36H44I6N4O14. The van der Waals surface area contributed by atoms with Gasteiger partial charge in [-0.15, -0.1) is 0 Å². The average molecular weight is 1520 g/mol. The third-order valence-electron chi connectivity index (χ3n) is 8.67. The van der Waals surface area contributed by atoms with E-state index in [2.05, 4.69) is 10.6 Å². The molecule has 10 N–H and O–H groups in total. The van der Waals surface area contributed by atoms with Crippen LogP contribution in [-0.2, 0) is 9.59 Å². The molecule has 0 bridgehead atoms. The van der Waals surface area contributed by atoms with Crippen molar-refractivity contribution in [3.8, 4) is 0 Å². The molecule has 0 fully saturated rings. The molecule has 2 rings (SSSR count). The van der Waals surface area contributed by atoms with Gasteiger partial charge in [-0.3, -0.25) is 28.8 Å². The lowest BCUT2D eigenvalue weighted by Gasteiger charge is -2.33. The molecule has 4 unspecified atom stereocenters. The van der Waals surface area contributed by atoms with Crippen LogP contribution in [0, 0.1) is 21.4 Å². The minimum Gasteiger partial charge on any atom is -0.396 e. The molecule has 0 saturated carbocycles. The number of aliphatic hydroxyl groups is 8. The first-order valence-corrected chi connectivity index (χ1v) is 24.4. The Hall–Kier alpha value is -0.280. The number of ketones is 2. The van der Waals surface area contributed by atoms with Gasteiger partial charge in [-0.25, -0.2) is 0 Å². The Morgan fingerprint density at radius 1 is 0.550 bits per heavy atom. The number of anilines is 2. The van der Waals surface area contributed by atoms with E-state index in [4.69, 9.17) is 0 Å². The van der Waals surface area contributed by atoms with E-state index in [9.17, 15) is 69.6 Å². The molecule has 0 aromatic heterocycles. The van der Waals surface area contributed by atoms with Gasteiger partial charge in [0, 0.05) is 71.8 Å². The summed E-state index contributed by atoms with van der Waals surface area (Å²) in [5.41, 5.74) is 0.0735. The highest BCUT2D eigenvalue weighted by atomic mass is 127. The van der Waals surface area contributed by atoms with Crippen molar-refractivity contribution in [3.63, 3.8) is 0 Å². The average Bonchev–Trinajstić information content (AvgIpc) is 3.18. The number of halogens is 6. The van der Waals surface area contributed by atoms with E-state index in [0.717, 1.165) is 16.7 Å². The smallest absolute Gasteiger partial charge is 0.253 e. The maximum atomic E-state index is 13.7. The van der Waals surface area contributed by atoms with Crippen molar-refractivity contribution < 1.29 is 69.6 Å². The Kier molecular flexibility index (Phi) is 24.8. The third kappa shape index (κ3) is 14.4. The summed E-state index contributed by atoms with van der Waals surface area (Å²) in [5.74, 6) is -3.77. The quantitative estimate of drug-likeness (QED) is 0.0558. The van der Waals surface area contributed by atoms with Gasteiger partial charge in [0.2, 0.25) is 11.8 Å². The summed E-state index contributed by atoms with van der Waals surface area (Å²) in [5, 5.41) is 85.3. The van der Waals surface area contributed by atoms with Gasteiger partial charge in [-0.05, 0) is 148 Å². The zero-order chi connectivity index (χ0) is 45.8. The monoisotopic (exact) mass is 1520 g/mol. The number of benzene rings is 2. The molecule has 18 nitrogen and oxygen atoms in total. The number of rotatable bonds is 23. The Morgan fingerprint density at radius 3 is 1.35 bits per heavy atom. The molecule has 0 aliphatic heterocycles. The van der Waals surface area contributed by atoms with Crippen LogP contribution in [0.25, 0.3) is 0 Å². The van der Waals surface area contributed by atoms with E-state index in [1.54, 1.807) is 67.8 Å². The number of nitrogens with zero attached hydrogens (tertiary/aromatic N) is 2. The van der Waals surface area contributed by atoms with E-state index >= 15 is 0 Å². The largest absolute Gasteiger partial charge is 0.396 e. The van der Waals surface area contributed by atoms with E-state index < -0.39 is 92.5 Å². The van der Waals surface area contributed by atoms with Crippen molar-refractivity contribution in [2.75, 3.05) is 62.4 Å². The van der Waals surface area contributed by atoms with Crippen molar-refractivity contribution >= 4 is 182 Å². The predicted octanol–water partition coefficient (Wildman–Crippen LogP) is 1.52. The van der Waals surface area contributed by atoms with Gasteiger partial charge in [-0.1, -0.05) is 0 Å². The minimum atomic E-state index is -1.81. The van der Waals surface area contributed by atoms with Crippen LogP contribution in [0.15, 0.2) is 0 Å². The second-order valence-corrected chi connectivity index (χ2v) is 19.5. The molecule has 4 amide bonds. The number of carbonyl (C=O) groups is 6. The van der Waals surface area contributed by atoms with Crippen LogP contribution in [-0.4, -0.2) is 153 Å². The van der Waals surface area contributed by atoms with Crippen molar-refractivity contribution in [2.24, 2.45) is 0 Å². The number of hydrogen-bond donors (Lipinski definition) is 10. The molecule has 2 aromatic carbocycles. The summed E-state index contributed by atoms with van der Waals surface area (Å²) in [6.07, 6.45) is -6.42. The fraction of sp³-hybridized carbons (Fsp3) is 0.500. The molecule has 2 aromatic rings. The van der Waals surface area contributed by atoms with E-state index in [1.165, 1.54) is 6.92 Å². The van der Waals surface area contributed by atoms with Gasteiger partial charge < -0.3 is 61.3 Å². The molecule has 334 valence electrons. The Morgan fingerprint density at radius 2 is 0.950 bits per heavy atom. The maximum absolute atomic E-state index is 13.7. The summed E-state index contributed by atoms with van der Waals surface area (Å²) in [4.78, 5) is 83.2. The van der Waals surface area contributed by atoms with E-state index in [1.807, 2.05) is 67.8 Å². The zero-order valence-corrected chi connectivity index (χ0v) is 44.9. The highest BCUT2D eigenvalue weighted by Gasteiger charge is 2.36. The van der Waals surface area contributed by atoms with Crippen LogP contribution >= 0.6 is 136 Å². The van der Waals surface area contributed by atoms with Gasteiger partial charge >= 0.3 is 0 Å². The topological polar surface area (TPSA) is 295 Å². The first kappa shape index (κ1) is 55.9. The Bertz CT molecular complexity index is 1800.